The van der Waals surface area contributed by atoms with E-state index in [0.717, 1.165) is 161 Å². The number of phosphoric ester groups is 1. The molecule has 3 aromatic rings. The normalized spacial score (nSPS) is 16.6. The fraction of sp³-hybridized carbons (Fsp3) is 0.725. The van der Waals surface area contributed by atoms with Gasteiger partial charge in [0.05, 0.1) is 32.5 Å². The van der Waals surface area contributed by atoms with Gasteiger partial charge in [0.15, 0.2) is 18.4 Å². The molecule has 0 saturated carbocycles. The van der Waals surface area contributed by atoms with Crippen molar-refractivity contribution in [3.63, 3.8) is 0 Å². The van der Waals surface area contributed by atoms with E-state index in [2.05, 4.69) is 52.2 Å². The summed E-state index contributed by atoms with van der Waals surface area (Å²) in [6.07, 6.45) is 28.3. The van der Waals surface area contributed by atoms with Gasteiger partial charge < -0.3 is 57.9 Å². The number of nitrogens with one attached hydrogen (secondary N) is 2. The van der Waals surface area contributed by atoms with Crippen LogP contribution >= 0.6 is 7.82 Å². The Morgan fingerprint density at radius 1 is 0.425 bits per heavy atom. The topological polar surface area (TPSA) is 273 Å². The highest BCUT2D eigenvalue weighted by Gasteiger charge is 2.54. The summed E-state index contributed by atoms with van der Waals surface area (Å²) in [5, 5.41) is 17.5. The van der Waals surface area contributed by atoms with Gasteiger partial charge in [-0.1, -0.05) is 320 Å². The van der Waals surface area contributed by atoms with Crippen LogP contribution in [-0.2, 0) is 82.4 Å². The van der Waals surface area contributed by atoms with Crippen molar-refractivity contribution in [2.24, 2.45) is 0 Å². The second-order valence-electron chi connectivity index (χ2n) is 30.9. The summed E-state index contributed by atoms with van der Waals surface area (Å²) >= 11 is 0. The Balaban J connectivity index is 1.91. The van der Waals surface area contributed by atoms with Crippen molar-refractivity contribution >= 4 is 49.5 Å². The molecule has 1 fully saturated rings. The summed E-state index contributed by atoms with van der Waals surface area (Å²) in [5.41, 5.74) is 0.638. The molecule has 0 aliphatic carbocycles. The van der Waals surface area contributed by atoms with Gasteiger partial charge in [-0.05, 0) is 87.6 Å². The fourth-order valence-corrected chi connectivity index (χ4v) is 15.4. The molecule has 0 bridgehead atoms. The van der Waals surface area contributed by atoms with Crippen LogP contribution in [0, 0.1) is 0 Å². The lowest BCUT2D eigenvalue weighted by Gasteiger charge is -2.45. The number of esters is 5. The molecule has 21 nitrogen and oxygen atoms in total. The molecule has 3 aromatic carbocycles. The molecule has 640 valence electrons. The zero-order valence-electron chi connectivity index (χ0n) is 70.2. The maximum Gasteiger partial charge on any atom is 0.588 e. The van der Waals surface area contributed by atoms with Crippen molar-refractivity contribution in [1.82, 2.24) is 10.6 Å². The van der Waals surface area contributed by atoms with Crippen LogP contribution in [0.1, 0.15) is 355 Å². The SMILES string of the molecule is CCCCCCCCCCC[C@H](CC(=O)N[C@H]1[C@H](OC[C@H](NC(=O)C[C@@H](CCCCCCCCCCC)OC(=O)CCCCCC)C(=O)OCc2ccccc2)O[C@H](CO)[C@@H](OP(=O)(Oc2ccccc2)Oc2ccccc2)[C@@H]1OC(=O)C[C@@H](CCCCCCCCCCC)OC(=O)CCCCCC)OC(=O)CCCCCC. The van der Waals surface area contributed by atoms with E-state index in [1.54, 1.807) is 60.7 Å². The lowest BCUT2D eigenvalue weighted by atomic mass is 9.95. The zero-order chi connectivity index (χ0) is 81.6. The molecular formula is C91H147N2O19P. The molecule has 0 radical (unpaired) electrons. The van der Waals surface area contributed by atoms with Crippen molar-refractivity contribution < 1.29 is 90.0 Å². The first-order chi connectivity index (χ1) is 55.0. The number of aliphatic hydroxyl groups excluding tert-OH is 1. The monoisotopic (exact) mass is 1600 g/mol. The number of unbranched alkanes of at least 4 members (excludes halogenated alkanes) is 33. The summed E-state index contributed by atoms with van der Waals surface area (Å²) in [4.78, 5) is 101. The van der Waals surface area contributed by atoms with Crippen LogP contribution < -0.4 is 19.7 Å². The number of hydrogen-bond acceptors (Lipinski definition) is 19. The van der Waals surface area contributed by atoms with Crippen LogP contribution in [0.5, 0.6) is 11.5 Å². The van der Waals surface area contributed by atoms with Gasteiger partial charge in [0.2, 0.25) is 11.8 Å². The van der Waals surface area contributed by atoms with Crippen LogP contribution in [0.4, 0.5) is 0 Å². The van der Waals surface area contributed by atoms with Crippen LogP contribution in [0.2, 0.25) is 0 Å². The van der Waals surface area contributed by atoms with Crippen LogP contribution in [0.15, 0.2) is 91.0 Å². The Kier molecular flexibility index (Phi) is 55.9. The minimum absolute atomic E-state index is 0.0417. The Bertz CT molecular complexity index is 2960. The van der Waals surface area contributed by atoms with Crippen molar-refractivity contribution in [3.05, 3.63) is 96.6 Å². The fourth-order valence-electron chi connectivity index (χ4n) is 14.0. The molecule has 1 heterocycles. The molecule has 9 atom stereocenters. The molecule has 0 unspecified atom stereocenters. The number of carbonyl (C=O) groups is 7. The van der Waals surface area contributed by atoms with E-state index in [9.17, 15) is 29.1 Å². The molecule has 3 N–H and O–H groups in total. The number of amides is 2. The van der Waals surface area contributed by atoms with E-state index in [0.29, 0.717) is 63.4 Å². The molecule has 22 heteroatoms. The van der Waals surface area contributed by atoms with Crippen molar-refractivity contribution in [2.45, 2.75) is 411 Å². The number of aliphatic hydroxyl groups is 1. The molecule has 4 rings (SSSR count). The van der Waals surface area contributed by atoms with E-state index < -0.39 is 131 Å². The standard InChI is InChI=1S/C91H147N2O19P/c1-7-13-19-25-28-31-34-37-45-61-76(105-83(97)64-52-22-16-10-4)67-81(95)92-79(90(101)103-71-73-55-43-40-44-56-73)72-104-91-87(93-82(96)68-77(106-84(98)65-53-23-17-11-5)62-46-38-35-32-29-26-20-14-8-2)89(88(80(70-94)108-91)112-113(102,110-74-57-48-41-49-58-74)111-75-59-50-42-51-60-75)109-86(100)69-78(107-85(99)66-54-24-18-12-6)63-47-39-36-33-30-27-21-15-9-3/h40-44,48-51,55-60,76-80,87-89,91,94H,7-39,45-47,52-54,61-72H2,1-6H3,(H,92,95)(H,93,96)/t76-,77-,78-,79+,80-,87-,88-,89-,91-/m1/s1. The van der Waals surface area contributed by atoms with E-state index >= 15 is 14.2 Å². The first-order valence-electron chi connectivity index (χ1n) is 44.3. The largest absolute Gasteiger partial charge is 0.588 e. The molecule has 1 aliphatic heterocycles. The molecule has 0 aromatic heterocycles. The number of hydrogen-bond donors (Lipinski definition) is 3. The molecule has 113 heavy (non-hydrogen) atoms. The number of carbonyl (C=O) groups excluding carboxylic acids is 7. The zero-order valence-corrected chi connectivity index (χ0v) is 71.1. The maximum atomic E-state index is 15.8. The average Bonchev–Trinajstić information content (AvgIpc) is 0.772. The van der Waals surface area contributed by atoms with Gasteiger partial charge in [-0.15, -0.1) is 0 Å². The second-order valence-corrected chi connectivity index (χ2v) is 32.3. The van der Waals surface area contributed by atoms with Gasteiger partial charge in [-0.3, -0.25) is 33.3 Å². The number of phosphoric acid groups is 1. The highest BCUT2D eigenvalue weighted by Crippen LogP contribution is 2.52. The van der Waals surface area contributed by atoms with Crippen molar-refractivity contribution in [3.8, 4) is 11.5 Å². The number of para-hydroxylation sites is 2. The Hall–Kier alpha value is -6.38. The van der Waals surface area contributed by atoms with Gasteiger partial charge in [-0.25, -0.2) is 9.36 Å². The van der Waals surface area contributed by atoms with Gasteiger partial charge in [-0.2, -0.15) is 0 Å². The lowest BCUT2D eigenvalue weighted by Crippen LogP contribution is -2.67. The molecule has 1 aliphatic rings. The van der Waals surface area contributed by atoms with Crippen LogP contribution in [0.25, 0.3) is 0 Å². The van der Waals surface area contributed by atoms with Crippen LogP contribution in [-0.4, -0.2) is 115 Å². The maximum absolute atomic E-state index is 15.8. The summed E-state index contributed by atoms with van der Waals surface area (Å²) in [7, 11) is -5.06. The first-order valence-corrected chi connectivity index (χ1v) is 45.7. The minimum atomic E-state index is -5.06. The molecule has 2 amide bonds. The lowest BCUT2D eigenvalue weighted by molar-refractivity contribution is -0.272. The van der Waals surface area contributed by atoms with E-state index in [-0.39, 0.29) is 43.8 Å². The Morgan fingerprint density at radius 3 is 1.17 bits per heavy atom. The highest BCUT2D eigenvalue weighted by molar-refractivity contribution is 7.49. The van der Waals surface area contributed by atoms with E-state index in [4.69, 9.17) is 46.7 Å². The number of rotatable bonds is 70. The van der Waals surface area contributed by atoms with Gasteiger partial charge in [0.25, 0.3) is 0 Å². The summed E-state index contributed by atoms with van der Waals surface area (Å²) < 4.78 is 79.2. The van der Waals surface area contributed by atoms with Gasteiger partial charge >= 0.3 is 37.7 Å². The van der Waals surface area contributed by atoms with Gasteiger partial charge in [0.1, 0.15) is 54.7 Å². The van der Waals surface area contributed by atoms with E-state index in [1.165, 1.54) is 75.6 Å². The molecular weight excluding hydrogens is 1460 g/mol. The molecule has 1 saturated heterocycles. The minimum Gasteiger partial charge on any atom is -0.462 e. The number of ether oxygens (including phenoxy) is 7. The highest BCUT2D eigenvalue weighted by atomic mass is 31.2. The smallest absolute Gasteiger partial charge is 0.462 e. The summed E-state index contributed by atoms with van der Waals surface area (Å²) in [6, 6.07) is 21.7. The third-order valence-corrected chi connectivity index (χ3v) is 21.9. The predicted octanol–water partition coefficient (Wildman–Crippen LogP) is 21.6. The van der Waals surface area contributed by atoms with Crippen molar-refractivity contribution in [2.75, 3.05) is 13.2 Å². The third kappa shape index (κ3) is 46.8. The quantitative estimate of drug-likeness (QED) is 0.0205. The number of benzene rings is 3. The molecule has 0 spiro atoms. The average molecular weight is 1600 g/mol. The second kappa shape index (κ2) is 63.8. The Labute approximate surface area is 679 Å². The third-order valence-electron chi connectivity index (χ3n) is 20.6. The Morgan fingerprint density at radius 2 is 0.779 bits per heavy atom. The summed E-state index contributed by atoms with van der Waals surface area (Å²) in [6.45, 7) is 10.9. The summed E-state index contributed by atoms with van der Waals surface area (Å²) in [5.74, 6) is -4.56. The predicted molar refractivity (Wildman–Crippen MR) is 444 cm³/mol. The van der Waals surface area contributed by atoms with Gasteiger partial charge in [0, 0.05) is 19.3 Å². The van der Waals surface area contributed by atoms with Crippen molar-refractivity contribution in [1.29, 1.82) is 0 Å². The van der Waals surface area contributed by atoms with Crippen LogP contribution in [0.3, 0.4) is 0 Å². The first kappa shape index (κ1) is 99.0. The van der Waals surface area contributed by atoms with E-state index in [1.807, 2.05) is 6.07 Å².